The molecule has 1 fully saturated rings. The first kappa shape index (κ1) is 15.6. The van der Waals surface area contributed by atoms with Crippen LogP contribution in [0.4, 0.5) is 4.79 Å². The Kier molecular flexibility index (Phi) is 4.62. The second kappa shape index (κ2) is 6.83. The van der Waals surface area contributed by atoms with Gasteiger partial charge >= 0.3 is 0 Å². The number of aromatic nitrogens is 1. The first-order valence-corrected chi connectivity index (χ1v) is 8.25. The molecule has 0 spiro atoms. The Morgan fingerprint density at radius 2 is 1.91 bits per heavy atom. The van der Waals surface area contributed by atoms with E-state index in [1.54, 1.807) is 24.5 Å². The summed E-state index contributed by atoms with van der Waals surface area (Å²) in [5.74, 6) is 1.27. The predicted molar refractivity (Wildman–Crippen MR) is 88.8 cm³/mol. The zero-order chi connectivity index (χ0) is 16.2. The van der Waals surface area contributed by atoms with Crippen molar-refractivity contribution in [2.75, 3.05) is 0 Å². The summed E-state index contributed by atoms with van der Waals surface area (Å²) in [6.45, 7) is 2.06. The lowest BCUT2D eigenvalue weighted by atomic mass is 10.00. The van der Waals surface area contributed by atoms with Crippen LogP contribution in [0.25, 0.3) is 0 Å². The molecule has 0 aliphatic carbocycles. The number of imide groups is 1. The smallest absolute Gasteiger partial charge is 0.286 e. The molecule has 1 aromatic heterocycles. The number of pyridine rings is 1. The highest BCUT2D eigenvalue weighted by atomic mass is 32.2. The number of benzene rings is 1. The van der Waals surface area contributed by atoms with Gasteiger partial charge in [-0.15, -0.1) is 0 Å². The molecule has 1 atom stereocenters. The van der Waals surface area contributed by atoms with E-state index in [9.17, 15) is 9.59 Å². The number of ether oxygens (including phenoxy) is 1. The van der Waals surface area contributed by atoms with Crippen molar-refractivity contribution in [3.63, 3.8) is 0 Å². The number of carbonyl (C=O) groups is 2. The maximum Gasteiger partial charge on any atom is 0.286 e. The van der Waals surface area contributed by atoms with Crippen molar-refractivity contribution in [3.05, 3.63) is 53.9 Å². The maximum absolute atomic E-state index is 11.7. The van der Waals surface area contributed by atoms with Crippen LogP contribution < -0.4 is 10.1 Å². The number of rotatable bonds is 5. The second-order valence-corrected chi connectivity index (χ2v) is 6.33. The minimum absolute atomic E-state index is 0.209. The number of aryl methyl sites for hydroxylation is 1. The molecule has 23 heavy (non-hydrogen) atoms. The van der Waals surface area contributed by atoms with Gasteiger partial charge in [0.2, 0.25) is 5.91 Å². The van der Waals surface area contributed by atoms with Gasteiger partial charge in [-0.05, 0) is 48.2 Å². The highest BCUT2D eigenvalue weighted by Gasteiger charge is 2.31. The maximum atomic E-state index is 11.7. The van der Waals surface area contributed by atoms with Crippen LogP contribution in [0.2, 0.25) is 0 Å². The third kappa shape index (κ3) is 3.71. The highest BCUT2D eigenvalue weighted by Crippen LogP contribution is 2.28. The number of carbonyl (C=O) groups excluding carboxylic acids is 2. The summed E-state index contributed by atoms with van der Waals surface area (Å²) >= 11 is 1.06. The fraction of sp³-hybridized carbons (Fsp3) is 0.235. The molecule has 1 unspecified atom stereocenters. The van der Waals surface area contributed by atoms with E-state index >= 15 is 0 Å². The summed E-state index contributed by atoms with van der Waals surface area (Å²) in [4.78, 5) is 26.9. The van der Waals surface area contributed by atoms with E-state index in [-0.39, 0.29) is 16.4 Å². The van der Waals surface area contributed by atoms with Crippen molar-refractivity contribution < 1.29 is 14.3 Å². The molecule has 5 nitrogen and oxygen atoms in total. The van der Waals surface area contributed by atoms with E-state index in [4.69, 9.17) is 4.74 Å². The van der Waals surface area contributed by atoms with Crippen LogP contribution in [0.1, 0.15) is 18.1 Å². The largest absolute Gasteiger partial charge is 0.457 e. The van der Waals surface area contributed by atoms with E-state index in [0.717, 1.165) is 40.8 Å². The van der Waals surface area contributed by atoms with Gasteiger partial charge in [0.25, 0.3) is 5.24 Å². The molecule has 118 valence electrons. The average molecular weight is 328 g/mol. The number of amides is 2. The number of thioether (sulfide) groups is 1. The van der Waals surface area contributed by atoms with Crippen LogP contribution in [0.3, 0.4) is 0 Å². The minimum atomic E-state index is -0.347. The van der Waals surface area contributed by atoms with Gasteiger partial charge in [-0.2, -0.15) is 0 Å². The monoisotopic (exact) mass is 328 g/mol. The lowest BCUT2D eigenvalue weighted by molar-refractivity contribution is -0.118. The molecule has 1 aromatic carbocycles. The number of hydrogen-bond acceptors (Lipinski definition) is 5. The van der Waals surface area contributed by atoms with Crippen LogP contribution in [0.15, 0.2) is 42.7 Å². The van der Waals surface area contributed by atoms with Gasteiger partial charge in [-0.1, -0.05) is 24.8 Å². The SMILES string of the molecule is CCc1cc(Oc2ccncc2)ccc1CC1SC(=O)NC1=O. The first-order chi connectivity index (χ1) is 11.2. The minimum Gasteiger partial charge on any atom is -0.457 e. The Morgan fingerprint density at radius 3 is 2.57 bits per heavy atom. The van der Waals surface area contributed by atoms with E-state index in [1.165, 1.54) is 0 Å². The average Bonchev–Trinajstić information content (AvgIpc) is 2.87. The summed E-state index contributed by atoms with van der Waals surface area (Å²) in [7, 11) is 0. The molecular formula is C17H16N2O3S. The van der Waals surface area contributed by atoms with Crippen LogP contribution in [0, 0.1) is 0 Å². The molecule has 0 saturated carbocycles. The molecule has 0 radical (unpaired) electrons. The second-order valence-electron chi connectivity index (χ2n) is 5.16. The summed E-state index contributed by atoms with van der Waals surface area (Å²) in [5, 5.41) is 1.71. The van der Waals surface area contributed by atoms with Crippen LogP contribution in [-0.4, -0.2) is 21.4 Å². The van der Waals surface area contributed by atoms with Gasteiger partial charge < -0.3 is 4.74 Å². The van der Waals surface area contributed by atoms with Gasteiger partial charge in [0.1, 0.15) is 11.5 Å². The third-order valence-corrected chi connectivity index (χ3v) is 4.60. The van der Waals surface area contributed by atoms with Gasteiger partial charge in [0, 0.05) is 12.4 Å². The van der Waals surface area contributed by atoms with Crippen molar-refractivity contribution in [2.45, 2.75) is 25.0 Å². The third-order valence-electron chi connectivity index (χ3n) is 3.62. The Hall–Kier alpha value is -2.34. The van der Waals surface area contributed by atoms with E-state index in [1.807, 2.05) is 18.2 Å². The Labute approximate surface area is 138 Å². The molecule has 2 aromatic rings. The predicted octanol–water partition coefficient (Wildman–Crippen LogP) is 3.33. The summed E-state index contributed by atoms with van der Waals surface area (Å²) in [6, 6.07) is 9.42. The lowest BCUT2D eigenvalue weighted by Crippen LogP contribution is -2.25. The van der Waals surface area contributed by atoms with Crippen molar-refractivity contribution >= 4 is 22.9 Å². The molecule has 2 heterocycles. The summed E-state index contributed by atoms with van der Waals surface area (Å²) in [6.07, 6.45) is 4.73. The van der Waals surface area contributed by atoms with E-state index in [2.05, 4.69) is 17.2 Å². The number of nitrogens with zero attached hydrogens (tertiary/aromatic N) is 1. The zero-order valence-corrected chi connectivity index (χ0v) is 13.4. The van der Waals surface area contributed by atoms with Gasteiger partial charge in [0.05, 0.1) is 5.25 Å². The quantitative estimate of drug-likeness (QED) is 0.912. The van der Waals surface area contributed by atoms with Gasteiger partial charge in [0.15, 0.2) is 0 Å². The highest BCUT2D eigenvalue weighted by molar-refractivity contribution is 8.15. The van der Waals surface area contributed by atoms with Crippen LogP contribution in [0.5, 0.6) is 11.5 Å². The van der Waals surface area contributed by atoms with Crippen molar-refractivity contribution in [3.8, 4) is 11.5 Å². The summed E-state index contributed by atoms with van der Waals surface area (Å²) < 4.78 is 5.81. The first-order valence-electron chi connectivity index (χ1n) is 7.37. The van der Waals surface area contributed by atoms with Crippen LogP contribution >= 0.6 is 11.8 Å². The van der Waals surface area contributed by atoms with E-state index < -0.39 is 0 Å². The zero-order valence-electron chi connectivity index (χ0n) is 12.6. The van der Waals surface area contributed by atoms with Crippen LogP contribution in [-0.2, 0) is 17.6 Å². The van der Waals surface area contributed by atoms with Crippen molar-refractivity contribution in [1.82, 2.24) is 10.3 Å². The number of hydrogen-bond donors (Lipinski definition) is 1. The molecule has 1 N–H and O–H groups in total. The molecule has 3 rings (SSSR count). The number of nitrogens with one attached hydrogen (secondary N) is 1. The van der Waals surface area contributed by atoms with Crippen molar-refractivity contribution in [2.24, 2.45) is 0 Å². The Morgan fingerprint density at radius 1 is 1.13 bits per heavy atom. The fourth-order valence-electron chi connectivity index (χ4n) is 2.46. The topological polar surface area (TPSA) is 68.3 Å². The Bertz CT molecular complexity index is 734. The molecule has 1 aliphatic heterocycles. The molecular weight excluding hydrogens is 312 g/mol. The summed E-state index contributed by atoms with van der Waals surface area (Å²) in [5.41, 5.74) is 2.18. The molecule has 6 heteroatoms. The lowest BCUT2D eigenvalue weighted by Gasteiger charge is -2.13. The van der Waals surface area contributed by atoms with E-state index in [0.29, 0.717) is 6.42 Å². The van der Waals surface area contributed by atoms with Crippen molar-refractivity contribution in [1.29, 1.82) is 0 Å². The molecule has 0 bridgehead atoms. The van der Waals surface area contributed by atoms with Gasteiger partial charge in [-0.3, -0.25) is 19.9 Å². The Balaban J connectivity index is 1.77. The fourth-order valence-corrected chi connectivity index (χ4v) is 3.31. The molecule has 2 amide bonds. The normalized spacial score (nSPS) is 17.2. The van der Waals surface area contributed by atoms with Gasteiger partial charge in [-0.25, -0.2) is 0 Å². The standard InChI is InChI=1S/C17H16N2O3S/c1-2-11-9-14(22-13-5-7-18-8-6-13)4-3-12(11)10-15-16(20)19-17(21)23-15/h3-9,15H,2,10H2,1H3,(H,19,20,21). The molecule has 1 aliphatic rings. The molecule has 1 saturated heterocycles.